The highest BCUT2D eigenvalue weighted by Gasteiger charge is 2.14. The van der Waals surface area contributed by atoms with E-state index in [2.05, 4.69) is 34.7 Å². The van der Waals surface area contributed by atoms with E-state index in [0.29, 0.717) is 18.4 Å². The Morgan fingerprint density at radius 3 is 2.61 bits per heavy atom. The molecule has 0 aliphatic heterocycles. The Morgan fingerprint density at radius 2 is 2.06 bits per heavy atom. The molecular formula is C14H22BrNO2. The normalized spacial score (nSPS) is 11.5. The minimum Gasteiger partial charge on any atom is -0.507 e. The molecule has 0 fully saturated rings. The fourth-order valence-corrected chi connectivity index (χ4v) is 2.49. The van der Waals surface area contributed by atoms with Gasteiger partial charge in [0, 0.05) is 36.3 Å². The number of rotatable bonds is 6. The summed E-state index contributed by atoms with van der Waals surface area (Å²) in [7, 11) is 1.71. The number of phenols is 1. The van der Waals surface area contributed by atoms with Gasteiger partial charge >= 0.3 is 0 Å². The second kappa shape index (κ2) is 7.12. The summed E-state index contributed by atoms with van der Waals surface area (Å²) in [4.78, 5) is 2.28. The van der Waals surface area contributed by atoms with Crippen molar-refractivity contribution in [2.24, 2.45) is 0 Å². The number of aryl methyl sites for hydroxylation is 1. The molecule has 18 heavy (non-hydrogen) atoms. The molecule has 0 bridgehead atoms. The van der Waals surface area contributed by atoms with Crippen molar-refractivity contribution in [3.05, 3.63) is 27.7 Å². The molecule has 4 heteroatoms. The Kier molecular flexibility index (Phi) is 6.12. The average Bonchev–Trinajstić information content (AvgIpc) is 2.29. The summed E-state index contributed by atoms with van der Waals surface area (Å²) in [6.45, 7) is 8.51. The minimum atomic E-state index is 0.390. The summed E-state index contributed by atoms with van der Waals surface area (Å²) in [5.41, 5.74) is 1.85. The van der Waals surface area contributed by atoms with E-state index in [9.17, 15) is 5.11 Å². The van der Waals surface area contributed by atoms with Gasteiger partial charge in [0.1, 0.15) is 5.75 Å². The SMILES string of the molecule is COCCN(Cc1cc(Br)cc(C)c1O)C(C)C. The molecule has 102 valence electrons. The summed E-state index contributed by atoms with van der Waals surface area (Å²) in [5, 5.41) is 10.1. The van der Waals surface area contributed by atoms with Crippen LogP contribution < -0.4 is 0 Å². The first-order chi connectivity index (χ1) is 8.45. The first-order valence-electron chi connectivity index (χ1n) is 6.16. The zero-order valence-corrected chi connectivity index (χ0v) is 13.1. The lowest BCUT2D eigenvalue weighted by Crippen LogP contribution is -2.33. The molecule has 3 nitrogen and oxygen atoms in total. The molecule has 0 saturated carbocycles. The molecule has 0 spiro atoms. The first kappa shape index (κ1) is 15.5. The van der Waals surface area contributed by atoms with Crippen molar-refractivity contribution in [1.82, 2.24) is 4.90 Å². The van der Waals surface area contributed by atoms with Crippen LogP contribution in [0, 0.1) is 6.92 Å². The van der Waals surface area contributed by atoms with Gasteiger partial charge < -0.3 is 9.84 Å². The molecule has 0 atom stereocenters. The van der Waals surface area contributed by atoms with Gasteiger partial charge in [0.05, 0.1) is 6.61 Å². The predicted molar refractivity (Wildman–Crippen MR) is 78.0 cm³/mol. The number of methoxy groups -OCH3 is 1. The van der Waals surface area contributed by atoms with Gasteiger partial charge in [-0.3, -0.25) is 4.90 Å². The van der Waals surface area contributed by atoms with Crippen molar-refractivity contribution in [1.29, 1.82) is 0 Å². The fourth-order valence-electron chi connectivity index (χ4n) is 1.87. The van der Waals surface area contributed by atoms with Crippen LogP contribution in [0.15, 0.2) is 16.6 Å². The lowest BCUT2D eigenvalue weighted by Gasteiger charge is -2.26. The van der Waals surface area contributed by atoms with Crippen LogP contribution in [0.2, 0.25) is 0 Å². The number of aromatic hydroxyl groups is 1. The smallest absolute Gasteiger partial charge is 0.123 e. The second-order valence-electron chi connectivity index (χ2n) is 4.79. The van der Waals surface area contributed by atoms with Crippen LogP contribution in [0.4, 0.5) is 0 Å². The van der Waals surface area contributed by atoms with Crippen molar-refractivity contribution in [3.8, 4) is 5.75 Å². The zero-order valence-electron chi connectivity index (χ0n) is 11.5. The molecule has 0 aromatic heterocycles. The molecular weight excluding hydrogens is 294 g/mol. The Bertz CT molecular complexity index is 394. The predicted octanol–water partition coefficient (Wildman–Crippen LogP) is 3.32. The van der Waals surface area contributed by atoms with Crippen LogP contribution in [-0.2, 0) is 11.3 Å². The summed E-state index contributed by atoms with van der Waals surface area (Å²) >= 11 is 3.47. The van der Waals surface area contributed by atoms with Gasteiger partial charge in [-0.1, -0.05) is 15.9 Å². The number of hydrogen-bond donors (Lipinski definition) is 1. The van der Waals surface area contributed by atoms with E-state index in [1.165, 1.54) is 0 Å². The summed E-state index contributed by atoms with van der Waals surface area (Å²) in [6, 6.07) is 4.32. The van der Waals surface area contributed by atoms with Crippen molar-refractivity contribution in [3.63, 3.8) is 0 Å². The van der Waals surface area contributed by atoms with Crippen molar-refractivity contribution in [2.75, 3.05) is 20.3 Å². The van der Waals surface area contributed by atoms with Gasteiger partial charge in [-0.05, 0) is 38.5 Å². The van der Waals surface area contributed by atoms with Gasteiger partial charge in [0.2, 0.25) is 0 Å². The van der Waals surface area contributed by atoms with E-state index in [-0.39, 0.29) is 0 Å². The van der Waals surface area contributed by atoms with Gasteiger partial charge in [-0.15, -0.1) is 0 Å². The third-order valence-electron chi connectivity index (χ3n) is 3.03. The van der Waals surface area contributed by atoms with Crippen molar-refractivity contribution < 1.29 is 9.84 Å². The van der Waals surface area contributed by atoms with Gasteiger partial charge in [-0.2, -0.15) is 0 Å². The van der Waals surface area contributed by atoms with Crippen LogP contribution in [0.3, 0.4) is 0 Å². The number of ether oxygens (including phenoxy) is 1. The molecule has 1 N–H and O–H groups in total. The van der Waals surface area contributed by atoms with Gasteiger partial charge in [0.15, 0.2) is 0 Å². The van der Waals surface area contributed by atoms with E-state index in [1.807, 2.05) is 19.1 Å². The minimum absolute atomic E-state index is 0.390. The standard InChI is InChI=1S/C14H22BrNO2/c1-10(2)16(5-6-18-4)9-12-8-13(15)7-11(3)14(12)17/h7-8,10,17H,5-6,9H2,1-4H3. The molecule has 0 aliphatic rings. The molecule has 1 aromatic carbocycles. The molecule has 0 unspecified atom stereocenters. The summed E-state index contributed by atoms with van der Waals surface area (Å²) in [6.07, 6.45) is 0. The Morgan fingerprint density at radius 1 is 1.39 bits per heavy atom. The van der Waals surface area contributed by atoms with Crippen LogP contribution >= 0.6 is 15.9 Å². The third-order valence-corrected chi connectivity index (χ3v) is 3.49. The van der Waals surface area contributed by atoms with Gasteiger partial charge in [0.25, 0.3) is 0 Å². The number of benzene rings is 1. The number of hydrogen-bond acceptors (Lipinski definition) is 3. The lowest BCUT2D eigenvalue weighted by atomic mass is 10.1. The first-order valence-corrected chi connectivity index (χ1v) is 6.96. The Balaban J connectivity index is 2.86. The van der Waals surface area contributed by atoms with E-state index in [4.69, 9.17) is 4.74 Å². The Hall–Kier alpha value is -0.580. The Labute approximate surface area is 118 Å². The number of halogens is 1. The third kappa shape index (κ3) is 4.26. The van der Waals surface area contributed by atoms with Gasteiger partial charge in [-0.25, -0.2) is 0 Å². The maximum absolute atomic E-state index is 10.1. The fraction of sp³-hybridized carbons (Fsp3) is 0.571. The molecule has 0 heterocycles. The molecule has 1 aromatic rings. The molecule has 1 rings (SSSR count). The highest BCUT2D eigenvalue weighted by Crippen LogP contribution is 2.28. The monoisotopic (exact) mass is 315 g/mol. The van der Waals surface area contributed by atoms with E-state index >= 15 is 0 Å². The van der Waals surface area contributed by atoms with E-state index in [1.54, 1.807) is 7.11 Å². The van der Waals surface area contributed by atoms with Crippen LogP contribution in [0.25, 0.3) is 0 Å². The highest BCUT2D eigenvalue weighted by atomic mass is 79.9. The number of nitrogens with zero attached hydrogens (tertiary/aromatic N) is 1. The largest absolute Gasteiger partial charge is 0.507 e. The molecule has 0 aliphatic carbocycles. The lowest BCUT2D eigenvalue weighted by molar-refractivity contribution is 0.124. The van der Waals surface area contributed by atoms with Crippen LogP contribution in [0.5, 0.6) is 5.75 Å². The zero-order chi connectivity index (χ0) is 13.7. The van der Waals surface area contributed by atoms with Crippen molar-refractivity contribution in [2.45, 2.75) is 33.4 Å². The molecule has 0 saturated heterocycles. The quantitative estimate of drug-likeness (QED) is 0.874. The van der Waals surface area contributed by atoms with Crippen LogP contribution in [-0.4, -0.2) is 36.3 Å². The van der Waals surface area contributed by atoms with E-state index in [0.717, 1.165) is 28.7 Å². The maximum Gasteiger partial charge on any atom is 0.123 e. The highest BCUT2D eigenvalue weighted by molar-refractivity contribution is 9.10. The van der Waals surface area contributed by atoms with Crippen molar-refractivity contribution >= 4 is 15.9 Å². The topological polar surface area (TPSA) is 32.7 Å². The van der Waals surface area contributed by atoms with Crippen LogP contribution in [0.1, 0.15) is 25.0 Å². The maximum atomic E-state index is 10.1. The molecule has 0 amide bonds. The average molecular weight is 316 g/mol. The molecule has 0 radical (unpaired) electrons. The summed E-state index contributed by atoms with van der Waals surface area (Å²) in [5.74, 6) is 0.390. The second-order valence-corrected chi connectivity index (χ2v) is 5.70. The summed E-state index contributed by atoms with van der Waals surface area (Å²) < 4.78 is 6.13. The number of phenolic OH excluding ortho intramolecular Hbond substituents is 1. The van der Waals surface area contributed by atoms with E-state index < -0.39 is 0 Å².